The van der Waals surface area contributed by atoms with Crippen LogP contribution < -0.4 is 0 Å². The van der Waals surface area contributed by atoms with Gasteiger partial charge in [0.25, 0.3) is 0 Å². The zero-order valence-corrected chi connectivity index (χ0v) is 11.9. The largest absolute Gasteiger partial charge is 0.463 e. The molecule has 0 atom stereocenters. The van der Waals surface area contributed by atoms with Crippen molar-refractivity contribution in [3.8, 4) is 0 Å². The van der Waals surface area contributed by atoms with Crippen molar-refractivity contribution in [3.05, 3.63) is 0 Å². The molecule has 0 saturated heterocycles. The summed E-state index contributed by atoms with van der Waals surface area (Å²) in [5, 5.41) is 0. The Hall–Kier alpha value is 0.394. The zero-order valence-electron chi connectivity index (χ0n) is 9.35. The van der Waals surface area contributed by atoms with Gasteiger partial charge in [0.1, 0.15) is 0 Å². The van der Waals surface area contributed by atoms with E-state index in [9.17, 15) is 0 Å². The van der Waals surface area contributed by atoms with Gasteiger partial charge in [-0.15, -0.1) is 0 Å². The Bertz CT molecular complexity index is 88.9. The van der Waals surface area contributed by atoms with Crippen LogP contribution in [0.3, 0.4) is 0 Å². The van der Waals surface area contributed by atoms with E-state index in [0.717, 1.165) is 0 Å². The molecule has 0 amide bonds. The van der Waals surface area contributed by atoms with Crippen molar-refractivity contribution in [2.75, 3.05) is 0 Å². The fraction of sp³-hybridized carbons (Fsp3) is 1.00. The highest BCUT2D eigenvalue weighted by Crippen LogP contribution is 2.11. The summed E-state index contributed by atoms with van der Waals surface area (Å²) in [6, 6.07) is 2.81. The fourth-order valence-corrected chi connectivity index (χ4v) is 4.67. The average molecular weight is 217 g/mol. The summed E-state index contributed by atoms with van der Waals surface area (Å²) in [6.45, 7) is 4.53. The number of hydrogen-bond donors (Lipinski definition) is 0. The van der Waals surface area contributed by atoms with Crippen molar-refractivity contribution in [2.24, 2.45) is 0 Å². The second kappa shape index (κ2) is 10.5. The summed E-state index contributed by atoms with van der Waals surface area (Å²) in [5.41, 5.74) is 0. The van der Waals surface area contributed by atoms with Crippen LogP contribution in [-0.4, -0.2) is 19.5 Å². The third-order valence-corrected chi connectivity index (χ3v) is 6.49. The van der Waals surface area contributed by atoms with E-state index in [2.05, 4.69) is 13.8 Å². The van der Waals surface area contributed by atoms with Crippen molar-refractivity contribution in [2.45, 2.75) is 64.5 Å². The maximum absolute atomic E-state index is 5.61. The molecule has 79 valence electrons. The van der Waals surface area contributed by atoms with Crippen molar-refractivity contribution >= 4 is 19.5 Å². The lowest BCUT2D eigenvalue weighted by atomic mass is 10.3. The average Bonchev–Trinajstić information content (AvgIpc) is 2.16. The molecule has 0 unspecified atom stereocenters. The molecule has 0 rings (SSSR count). The van der Waals surface area contributed by atoms with E-state index in [1.807, 2.05) is 0 Å². The van der Waals surface area contributed by atoms with E-state index in [4.69, 9.17) is 4.12 Å². The van der Waals surface area contributed by atoms with E-state index in [-0.39, 0.29) is 0 Å². The van der Waals surface area contributed by atoms with Crippen LogP contribution in [0, 0.1) is 0 Å². The maximum Gasteiger partial charge on any atom is 0.162 e. The van der Waals surface area contributed by atoms with Gasteiger partial charge in [0.2, 0.25) is 0 Å². The van der Waals surface area contributed by atoms with E-state index in [1.54, 1.807) is 10.5 Å². The summed E-state index contributed by atoms with van der Waals surface area (Å²) in [5.74, 6) is 0. The molecule has 0 aliphatic carbocycles. The van der Waals surface area contributed by atoms with Crippen LogP contribution in [0.2, 0.25) is 12.1 Å². The molecule has 0 saturated carbocycles. The van der Waals surface area contributed by atoms with Gasteiger partial charge in [-0.3, -0.25) is 0 Å². The normalized spacial score (nSPS) is 11.1. The number of rotatable bonds is 9. The molecule has 0 aromatic heterocycles. The van der Waals surface area contributed by atoms with Crippen molar-refractivity contribution in [1.82, 2.24) is 0 Å². The van der Waals surface area contributed by atoms with Crippen LogP contribution in [0.5, 0.6) is 0 Å². The van der Waals surface area contributed by atoms with Crippen molar-refractivity contribution < 1.29 is 4.12 Å². The molecule has 0 bridgehead atoms. The third kappa shape index (κ3) is 8.72. The highest BCUT2D eigenvalue weighted by molar-refractivity contribution is 6.55. The van der Waals surface area contributed by atoms with Gasteiger partial charge in [-0.25, -0.2) is 0 Å². The zero-order chi connectivity index (χ0) is 9.94. The smallest absolute Gasteiger partial charge is 0.162 e. The summed E-state index contributed by atoms with van der Waals surface area (Å²) in [6.07, 6.45) is 8.26. The topological polar surface area (TPSA) is 9.23 Å². The Kier molecular flexibility index (Phi) is 10.8. The molecule has 1 radical (unpaired) electrons. The quantitative estimate of drug-likeness (QED) is 0.426. The molecular formula is C10H25OSi2. The molecule has 0 N–H and O–H groups in total. The van der Waals surface area contributed by atoms with Crippen molar-refractivity contribution in [3.63, 3.8) is 0 Å². The van der Waals surface area contributed by atoms with Gasteiger partial charge in [0.15, 0.2) is 19.5 Å². The minimum Gasteiger partial charge on any atom is -0.463 e. The highest BCUT2D eigenvalue weighted by Gasteiger charge is 2.07. The lowest BCUT2D eigenvalue weighted by molar-refractivity contribution is 0.599. The molecule has 0 aliphatic rings. The van der Waals surface area contributed by atoms with E-state index >= 15 is 0 Å². The molecule has 3 heteroatoms. The van der Waals surface area contributed by atoms with Gasteiger partial charge < -0.3 is 4.12 Å². The van der Waals surface area contributed by atoms with Gasteiger partial charge in [0, 0.05) is 0 Å². The second-order valence-electron chi connectivity index (χ2n) is 3.78. The Morgan fingerprint density at radius 2 is 1.38 bits per heavy atom. The van der Waals surface area contributed by atoms with E-state index in [0.29, 0.717) is 0 Å². The molecule has 0 spiro atoms. The minimum atomic E-state index is -0.764. The van der Waals surface area contributed by atoms with Crippen LogP contribution in [0.4, 0.5) is 0 Å². The van der Waals surface area contributed by atoms with Gasteiger partial charge >= 0.3 is 0 Å². The Balaban J connectivity index is 3.28. The Labute approximate surface area is 88.5 Å². The first-order valence-corrected chi connectivity index (χ1v) is 8.44. The monoisotopic (exact) mass is 217 g/mol. The van der Waals surface area contributed by atoms with Crippen LogP contribution in [0.1, 0.15) is 52.4 Å². The molecule has 0 aromatic rings. The van der Waals surface area contributed by atoms with Crippen LogP contribution in [0.15, 0.2) is 0 Å². The maximum atomic E-state index is 5.61. The predicted molar refractivity (Wildman–Crippen MR) is 65.4 cm³/mol. The second-order valence-corrected chi connectivity index (χ2v) is 7.51. The minimum absolute atomic E-state index is 0.764. The summed E-state index contributed by atoms with van der Waals surface area (Å²) >= 11 is 0. The molecule has 0 fully saturated rings. The molecule has 0 aromatic carbocycles. The highest BCUT2D eigenvalue weighted by atomic mass is 28.3. The van der Waals surface area contributed by atoms with E-state index < -0.39 is 9.04 Å². The molecule has 1 nitrogen and oxygen atoms in total. The first-order chi connectivity index (χ1) is 6.35. The molecule has 0 heterocycles. The predicted octanol–water partition coefficient (Wildman–Crippen LogP) is 2.66. The Morgan fingerprint density at radius 1 is 0.923 bits per heavy atom. The van der Waals surface area contributed by atoms with Gasteiger partial charge in [-0.2, -0.15) is 0 Å². The number of hydrogen-bond acceptors (Lipinski definition) is 1. The SMILES string of the molecule is CCCCC[SiH](CCCCC)O[SiH2]. The van der Waals surface area contributed by atoms with Gasteiger partial charge in [-0.1, -0.05) is 52.4 Å². The lowest BCUT2D eigenvalue weighted by Crippen LogP contribution is -2.15. The lowest BCUT2D eigenvalue weighted by Gasteiger charge is -2.12. The fourth-order valence-electron chi connectivity index (χ4n) is 1.56. The van der Waals surface area contributed by atoms with E-state index in [1.165, 1.54) is 50.6 Å². The van der Waals surface area contributed by atoms with Crippen LogP contribution in [0.25, 0.3) is 0 Å². The summed E-state index contributed by atoms with van der Waals surface area (Å²) < 4.78 is 5.61. The van der Waals surface area contributed by atoms with Crippen LogP contribution in [-0.2, 0) is 4.12 Å². The summed E-state index contributed by atoms with van der Waals surface area (Å²) in [7, 11) is 0.959. The molecule has 0 aliphatic heterocycles. The first kappa shape index (κ1) is 13.4. The third-order valence-electron chi connectivity index (χ3n) is 2.50. The Morgan fingerprint density at radius 3 is 1.69 bits per heavy atom. The summed E-state index contributed by atoms with van der Waals surface area (Å²) in [4.78, 5) is 0. The number of unbranched alkanes of at least 4 members (excludes halogenated alkanes) is 4. The molecular weight excluding hydrogens is 192 g/mol. The molecule has 13 heavy (non-hydrogen) atoms. The first-order valence-electron chi connectivity index (χ1n) is 5.76. The van der Waals surface area contributed by atoms with Crippen LogP contribution >= 0.6 is 0 Å². The van der Waals surface area contributed by atoms with Gasteiger partial charge in [-0.05, 0) is 12.1 Å². The standard InChI is InChI=1S/C10H25OSi2/c1-3-5-7-9-13(11-12)10-8-6-4-2/h13H,3-10,12H2,1-2H3. The van der Waals surface area contributed by atoms with Gasteiger partial charge in [0.05, 0.1) is 0 Å². The van der Waals surface area contributed by atoms with Crippen molar-refractivity contribution in [1.29, 1.82) is 0 Å².